The van der Waals surface area contributed by atoms with E-state index in [1.54, 1.807) is 54.6 Å². The van der Waals surface area contributed by atoms with E-state index >= 15 is 0 Å². The molecular formula is C47H33F3O6. The molecule has 0 N–H and O–H groups in total. The Labute approximate surface area is 323 Å². The van der Waals surface area contributed by atoms with Gasteiger partial charge in [0.25, 0.3) is 0 Å². The molecule has 0 aliphatic carbocycles. The van der Waals surface area contributed by atoms with Crippen molar-refractivity contribution in [2.45, 2.75) is 12.3 Å². The lowest BCUT2D eigenvalue weighted by atomic mass is 9.71. The zero-order valence-corrected chi connectivity index (χ0v) is 30.1. The van der Waals surface area contributed by atoms with E-state index in [9.17, 15) is 13.2 Å². The lowest BCUT2D eigenvalue weighted by Gasteiger charge is -2.32. The molecule has 56 heavy (non-hydrogen) atoms. The zero-order valence-electron chi connectivity index (χ0n) is 30.1. The molecule has 0 unspecified atom stereocenters. The van der Waals surface area contributed by atoms with Crippen molar-refractivity contribution in [3.05, 3.63) is 162 Å². The van der Waals surface area contributed by atoms with E-state index < -0.39 is 22.9 Å². The van der Waals surface area contributed by atoms with Crippen molar-refractivity contribution in [3.8, 4) is 88.8 Å². The van der Waals surface area contributed by atoms with Crippen LogP contribution < -0.4 is 28.4 Å². The third-order valence-electron chi connectivity index (χ3n) is 8.65. The largest absolute Gasteiger partial charge is 0.481 e. The molecule has 0 aliphatic heterocycles. The van der Waals surface area contributed by atoms with Crippen LogP contribution in [0.4, 0.5) is 13.2 Å². The smallest absolute Gasteiger partial charge is 0.169 e. The second-order valence-electron chi connectivity index (χ2n) is 12.3. The van der Waals surface area contributed by atoms with Gasteiger partial charge in [0.1, 0.15) is 54.3 Å². The zero-order chi connectivity index (χ0) is 39.5. The van der Waals surface area contributed by atoms with Gasteiger partial charge in [0.15, 0.2) is 34.7 Å². The Morgan fingerprint density at radius 3 is 0.893 bits per heavy atom. The fourth-order valence-corrected chi connectivity index (χ4v) is 5.79. The number of halogens is 3. The molecule has 6 nitrogen and oxygen atoms in total. The van der Waals surface area contributed by atoms with Crippen molar-refractivity contribution in [2.24, 2.45) is 0 Å². The first-order valence-corrected chi connectivity index (χ1v) is 17.1. The molecule has 278 valence electrons. The van der Waals surface area contributed by atoms with Crippen LogP contribution in [0.15, 0.2) is 127 Å². The number of hydrogen-bond acceptors (Lipinski definition) is 6. The summed E-state index contributed by atoms with van der Waals surface area (Å²) in [5.41, 5.74) is 1.77. The van der Waals surface area contributed by atoms with Crippen LogP contribution in [0.5, 0.6) is 51.7 Å². The molecule has 0 aliphatic rings. The molecule has 0 saturated carbocycles. The minimum atomic E-state index is -0.792. The number of terminal acetylenes is 3. The average molecular weight is 751 g/mol. The van der Waals surface area contributed by atoms with E-state index in [0.29, 0.717) is 17.2 Å². The fraction of sp³-hybridized carbons (Fsp3) is 0.106. The molecule has 6 aromatic carbocycles. The van der Waals surface area contributed by atoms with Crippen LogP contribution in [0.2, 0.25) is 0 Å². The summed E-state index contributed by atoms with van der Waals surface area (Å²) in [4.78, 5) is 0. The van der Waals surface area contributed by atoms with E-state index in [1.807, 2.05) is 43.3 Å². The topological polar surface area (TPSA) is 55.4 Å². The van der Waals surface area contributed by atoms with Gasteiger partial charge >= 0.3 is 0 Å². The van der Waals surface area contributed by atoms with Crippen LogP contribution in [0.25, 0.3) is 0 Å². The highest BCUT2D eigenvalue weighted by molar-refractivity contribution is 5.53. The van der Waals surface area contributed by atoms with Gasteiger partial charge in [-0.1, -0.05) is 54.2 Å². The van der Waals surface area contributed by atoms with Gasteiger partial charge in [-0.15, -0.1) is 19.3 Å². The number of ether oxygens (including phenoxy) is 6. The molecule has 9 heteroatoms. The van der Waals surface area contributed by atoms with Crippen molar-refractivity contribution in [1.82, 2.24) is 0 Å². The molecule has 0 spiro atoms. The van der Waals surface area contributed by atoms with Crippen molar-refractivity contribution < 1.29 is 41.6 Å². The lowest BCUT2D eigenvalue weighted by Crippen LogP contribution is -2.25. The molecule has 0 fully saturated rings. The Morgan fingerprint density at radius 2 is 0.661 bits per heavy atom. The Bertz CT molecular complexity index is 2150. The van der Waals surface area contributed by atoms with Gasteiger partial charge in [0.2, 0.25) is 0 Å². The summed E-state index contributed by atoms with van der Waals surface area (Å²) in [6, 6.07) is 34.4. The van der Waals surface area contributed by atoms with E-state index in [-0.39, 0.29) is 54.3 Å². The molecule has 0 heterocycles. The summed E-state index contributed by atoms with van der Waals surface area (Å²) < 4.78 is 78.0. The highest BCUT2D eigenvalue weighted by Gasteiger charge is 2.32. The Hall–Kier alpha value is -7.41. The molecule has 0 saturated heterocycles. The molecule has 0 amide bonds. The summed E-state index contributed by atoms with van der Waals surface area (Å²) in [6.07, 6.45) is 15.7. The van der Waals surface area contributed by atoms with Gasteiger partial charge in [0.05, 0.1) is 0 Å². The van der Waals surface area contributed by atoms with Gasteiger partial charge in [-0.05, 0) is 96.4 Å². The summed E-state index contributed by atoms with van der Waals surface area (Å²) >= 11 is 0. The van der Waals surface area contributed by atoms with E-state index in [0.717, 1.165) is 16.7 Å². The molecule has 6 rings (SSSR count). The first kappa shape index (κ1) is 38.3. The molecule has 0 radical (unpaired) electrons. The molecule has 0 bridgehead atoms. The van der Waals surface area contributed by atoms with Crippen molar-refractivity contribution >= 4 is 0 Å². The van der Waals surface area contributed by atoms with E-state index in [2.05, 4.69) is 17.8 Å². The van der Waals surface area contributed by atoms with Gasteiger partial charge < -0.3 is 28.4 Å². The van der Waals surface area contributed by atoms with Gasteiger partial charge in [0, 0.05) is 23.6 Å². The Kier molecular flexibility index (Phi) is 12.0. The standard InChI is InChI=1S/C47H33F3O6/c1-5-26-51-38-20-23-44(41(48)29-38)54-35-14-8-32(9-15-35)47(4,33-10-16-36(17-11-33)55-45-24-21-39(30-42(45)49)52-27-6-2)34-12-18-37(19-13-34)56-46-25-22-40(31-43(46)50)53-28-7-3/h1-3,8-25,29-31H,26-28H2,4H3. The Balaban J connectivity index is 1.28. The first-order valence-electron chi connectivity index (χ1n) is 17.1. The third-order valence-corrected chi connectivity index (χ3v) is 8.65. The number of hydrogen-bond donors (Lipinski definition) is 0. The SMILES string of the molecule is C#CCOc1ccc(Oc2ccc(C(C)(c3ccc(Oc4ccc(OCC#C)cc4F)cc3)c3ccc(Oc4ccc(OCC#C)cc4F)cc3)cc2)c(F)c1. The van der Waals surface area contributed by atoms with E-state index in [1.165, 1.54) is 36.4 Å². The highest BCUT2D eigenvalue weighted by atomic mass is 19.1. The highest BCUT2D eigenvalue weighted by Crippen LogP contribution is 2.42. The lowest BCUT2D eigenvalue weighted by molar-refractivity contribution is 0.364. The average Bonchev–Trinajstić information content (AvgIpc) is 3.21. The first-order chi connectivity index (χ1) is 27.2. The van der Waals surface area contributed by atoms with Crippen molar-refractivity contribution in [2.75, 3.05) is 19.8 Å². The predicted molar refractivity (Wildman–Crippen MR) is 207 cm³/mol. The molecular weight excluding hydrogens is 718 g/mol. The quantitative estimate of drug-likeness (QED) is 0.0770. The normalized spacial score (nSPS) is 10.7. The summed E-state index contributed by atoms with van der Waals surface area (Å²) in [5, 5.41) is 0. The van der Waals surface area contributed by atoms with Gasteiger partial charge in [-0.3, -0.25) is 0 Å². The van der Waals surface area contributed by atoms with Gasteiger partial charge in [-0.2, -0.15) is 0 Å². The van der Waals surface area contributed by atoms with Crippen molar-refractivity contribution in [3.63, 3.8) is 0 Å². The third kappa shape index (κ3) is 9.02. The van der Waals surface area contributed by atoms with Crippen LogP contribution in [0.3, 0.4) is 0 Å². The number of benzene rings is 6. The van der Waals surface area contributed by atoms with Crippen LogP contribution in [0, 0.1) is 54.5 Å². The molecule has 0 atom stereocenters. The molecule has 0 aromatic heterocycles. The Morgan fingerprint density at radius 1 is 0.411 bits per heavy atom. The minimum Gasteiger partial charge on any atom is -0.481 e. The monoisotopic (exact) mass is 750 g/mol. The minimum absolute atomic E-state index is 0.0112. The molecule has 6 aromatic rings. The van der Waals surface area contributed by atoms with Crippen molar-refractivity contribution in [1.29, 1.82) is 0 Å². The maximum absolute atomic E-state index is 14.8. The maximum Gasteiger partial charge on any atom is 0.169 e. The van der Waals surface area contributed by atoms with Crippen LogP contribution in [-0.2, 0) is 5.41 Å². The van der Waals surface area contributed by atoms with E-state index in [4.69, 9.17) is 47.7 Å². The second-order valence-corrected chi connectivity index (χ2v) is 12.3. The van der Waals surface area contributed by atoms with Crippen LogP contribution >= 0.6 is 0 Å². The summed E-state index contributed by atoms with van der Waals surface area (Å²) in [6.45, 7) is 2.07. The number of rotatable bonds is 15. The maximum atomic E-state index is 14.8. The van der Waals surface area contributed by atoms with Gasteiger partial charge in [-0.25, -0.2) is 13.2 Å². The predicted octanol–water partition coefficient (Wildman–Crippen LogP) is 10.9. The summed E-state index contributed by atoms with van der Waals surface area (Å²) in [5.74, 6) is 7.27. The second kappa shape index (κ2) is 17.6. The van der Waals surface area contributed by atoms with Crippen LogP contribution in [-0.4, -0.2) is 19.8 Å². The summed E-state index contributed by atoms with van der Waals surface area (Å²) in [7, 11) is 0. The fourth-order valence-electron chi connectivity index (χ4n) is 5.79. The van der Waals surface area contributed by atoms with Crippen LogP contribution in [0.1, 0.15) is 23.6 Å².